The van der Waals surface area contributed by atoms with Crippen LogP contribution in [0.3, 0.4) is 0 Å². The van der Waals surface area contributed by atoms with Crippen molar-refractivity contribution in [2.75, 3.05) is 0 Å². The zero-order chi connectivity index (χ0) is 8.69. The number of carbonyl (C=O) groups excluding carboxylic acids is 2. The molecule has 0 aromatic carbocycles. The molecule has 0 aliphatic carbocycles. The standard InChI is InChI=1S/C8H14NO2/c1-3-4-5-8(6-10)9-7(2)11/h8H,3-5H2,1-2H3,(H,9,11)/t8-/m0/s1. The van der Waals surface area contributed by atoms with Crippen LogP contribution < -0.4 is 5.32 Å². The van der Waals surface area contributed by atoms with Gasteiger partial charge in [-0.3, -0.25) is 9.59 Å². The van der Waals surface area contributed by atoms with Gasteiger partial charge in [-0.2, -0.15) is 0 Å². The van der Waals surface area contributed by atoms with Crippen molar-refractivity contribution in [3.63, 3.8) is 0 Å². The summed E-state index contributed by atoms with van der Waals surface area (Å²) in [6.45, 7) is 3.44. The second-order valence-corrected chi connectivity index (χ2v) is 2.51. The maximum atomic E-state index is 10.5. The van der Waals surface area contributed by atoms with Gasteiger partial charge in [0.25, 0.3) is 0 Å². The molecule has 11 heavy (non-hydrogen) atoms. The number of amides is 1. The van der Waals surface area contributed by atoms with E-state index < -0.39 is 6.04 Å². The van der Waals surface area contributed by atoms with Crippen LogP contribution in [-0.4, -0.2) is 18.2 Å². The Labute approximate surface area is 67.2 Å². The maximum absolute atomic E-state index is 10.5. The normalized spacial score (nSPS) is 12.2. The SMILES string of the molecule is CCCC[C@@H]([C]=O)NC(C)=O. The van der Waals surface area contributed by atoms with E-state index in [0.717, 1.165) is 12.8 Å². The fourth-order valence-corrected chi connectivity index (χ4v) is 0.814. The van der Waals surface area contributed by atoms with Crippen LogP contribution in [0, 0.1) is 0 Å². The molecular formula is C8H14NO2. The molecule has 0 bridgehead atoms. The molecule has 0 rings (SSSR count). The Morgan fingerprint density at radius 2 is 2.27 bits per heavy atom. The predicted octanol–water partition coefficient (Wildman–Crippen LogP) is 0.791. The topological polar surface area (TPSA) is 46.2 Å². The Morgan fingerprint density at radius 3 is 2.64 bits per heavy atom. The first kappa shape index (κ1) is 10.1. The summed E-state index contributed by atoms with van der Waals surface area (Å²) in [7, 11) is 0. The van der Waals surface area contributed by atoms with Gasteiger partial charge in [0.15, 0.2) is 0 Å². The van der Waals surface area contributed by atoms with E-state index in [1.54, 1.807) is 6.29 Å². The van der Waals surface area contributed by atoms with Crippen molar-refractivity contribution < 1.29 is 9.59 Å². The number of hydrogen-bond donors (Lipinski definition) is 1. The summed E-state index contributed by atoms with van der Waals surface area (Å²) in [4.78, 5) is 20.7. The van der Waals surface area contributed by atoms with Crippen LogP contribution in [0.1, 0.15) is 33.1 Å². The van der Waals surface area contributed by atoms with Crippen molar-refractivity contribution in [2.24, 2.45) is 0 Å². The van der Waals surface area contributed by atoms with Crippen LogP contribution in [0.15, 0.2) is 0 Å². The molecule has 0 heterocycles. The molecule has 1 amide bonds. The molecule has 0 aliphatic heterocycles. The number of unbranched alkanes of at least 4 members (excludes halogenated alkanes) is 1. The molecule has 0 unspecified atom stereocenters. The molecule has 0 fully saturated rings. The number of nitrogens with one attached hydrogen (secondary N) is 1. The van der Waals surface area contributed by atoms with E-state index in [1.165, 1.54) is 6.92 Å². The number of carbonyl (C=O) groups is 1. The van der Waals surface area contributed by atoms with Gasteiger partial charge < -0.3 is 5.32 Å². The summed E-state index contributed by atoms with van der Waals surface area (Å²) in [5.74, 6) is -0.172. The largest absolute Gasteiger partial charge is 0.346 e. The minimum Gasteiger partial charge on any atom is -0.346 e. The quantitative estimate of drug-likeness (QED) is 0.639. The van der Waals surface area contributed by atoms with Gasteiger partial charge in [0.1, 0.15) is 0 Å². The molecule has 0 saturated heterocycles. The average Bonchev–Trinajstić information content (AvgIpc) is 1.97. The van der Waals surface area contributed by atoms with Crippen LogP contribution in [0.25, 0.3) is 0 Å². The average molecular weight is 156 g/mol. The fraction of sp³-hybridized carbons (Fsp3) is 0.750. The van der Waals surface area contributed by atoms with Crippen LogP contribution in [0.2, 0.25) is 0 Å². The molecule has 63 valence electrons. The third-order valence-electron chi connectivity index (χ3n) is 1.37. The molecule has 0 aromatic rings. The summed E-state index contributed by atoms with van der Waals surface area (Å²) < 4.78 is 0. The summed E-state index contributed by atoms with van der Waals surface area (Å²) in [5, 5.41) is 2.50. The third-order valence-corrected chi connectivity index (χ3v) is 1.37. The molecule has 1 atom stereocenters. The Kier molecular flexibility index (Phi) is 5.43. The van der Waals surface area contributed by atoms with Crippen molar-refractivity contribution in [1.29, 1.82) is 0 Å². The smallest absolute Gasteiger partial charge is 0.222 e. The molecule has 3 heteroatoms. The van der Waals surface area contributed by atoms with Crippen LogP contribution in [0.5, 0.6) is 0 Å². The van der Waals surface area contributed by atoms with Gasteiger partial charge in [-0.15, -0.1) is 0 Å². The lowest BCUT2D eigenvalue weighted by Gasteiger charge is -2.08. The number of hydrogen-bond acceptors (Lipinski definition) is 2. The van der Waals surface area contributed by atoms with Crippen molar-refractivity contribution in [3.8, 4) is 0 Å². The molecule has 0 spiro atoms. The van der Waals surface area contributed by atoms with Crippen LogP contribution >= 0.6 is 0 Å². The fourth-order valence-electron chi connectivity index (χ4n) is 0.814. The van der Waals surface area contributed by atoms with E-state index >= 15 is 0 Å². The van der Waals surface area contributed by atoms with Gasteiger partial charge >= 0.3 is 0 Å². The monoisotopic (exact) mass is 156 g/mol. The third kappa shape index (κ3) is 5.58. The Hall–Kier alpha value is -0.860. The van der Waals surface area contributed by atoms with Gasteiger partial charge in [-0.05, 0) is 6.42 Å². The highest BCUT2D eigenvalue weighted by molar-refractivity contribution is 5.77. The van der Waals surface area contributed by atoms with E-state index in [0.29, 0.717) is 6.42 Å². The Morgan fingerprint density at radius 1 is 1.64 bits per heavy atom. The number of rotatable bonds is 5. The van der Waals surface area contributed by atoms with E-state index in [-0.39, 0.29) is 5.91 Å². The molecule has 0 saturated carbocycles. The minimum atomic E-state index is -0.410. The van der Waals surface area contributed by atoms with Gasteiger partial charge in [0.2, 0.25) is 12.2 Å². The minimum absolute atomic E-state index is 0.172. The van der Waals surface area contributed by atoms with Gasteiger partial charge in [0.05, 0.1) is 6.04 Å². The van der Waals surface area contributed by atoms with Gasteiger partial charge in [-0.25, -0.2) is 0 Å². The Balaban J connectivity index is 3.57. The van der Waals surface area contributed by atoms with Gasteiger partial charge in [-0.1, -0.05) is 19.8 Å². The van der Waals surface area contributed by atoms with E-state index in [4.69, 9.17) is 0 Å². The molecule has 3 nitrogen and oxygen atoms in total. The lowest BCUT2D eigenvalue weighted by atomic mass is 10.1. The van der Waals surface area contributed by atoms with E-state index in [9.17, 15) is 9.59 Å². The lowest BCUT2D eigenvalue weighted by Crippen LogP contribution is -2.34. The Bertz CT molecular complexity index is 134. The second-order valence-electron chi connectivity index (χ2n) is 2.51. The highest BCUT2D eigenvalue weighted by Crippen LogP contribution is 1.97. The molecule has 1 radical (unpaired) electrons. The highest BCUT2D eigenvalue weighted by Gasteiger charge is 2.07. The highest BCUT2D eigenvalue weighted by atomic mass is 16.2. The summed E-state index contributed by atoms with van der Waals surface area (Å²) in [5.41, 5.74) is 0. The lowest BCUT2D eigenvalue weighted by molar-refractivity contribution is -0.119. The van der Waals surface area contributed by atoms with Crippen LogP contribution in [-0.2, 0) is 9.59 Å². The zero-order valence-corrected chi connectivity index (χ0v) is 7.02. The molecular weight excluding hydrogens is 142 g/mol. The maximum Gasteiger partial charge on any atom is 0.222 e. The van der Waals surface area contributed by atoms with Crippen molar-refractivity contribution in [3.05, 3.63) is 0 Å². The van der Waals surface area contributed by atoms with E-state index in [2.05, 4.69) is 5.32 Å². The summed E-state index contributed by atoms with van der Waals surface area (Å²) in [6, 6.07) is -0.410. The first-order valence-corrected chi connectivity index (χ1v) is 3.85. The van der Waals surface area contributed by atoms with Crippen molar-refractivity contribution in [2.45, 2.75) is 39.2 Å². The summed E-state index contributed by atoms with van der Waals surface area (Å²) in [6.07, 6.45) is 4.45. The molecule has 0 aliphatic rings. The van der Waals surface area contributed by atoms with E-state index in [1.807, 2.05) is 6.92 Å². The van der Waals surface area contributed by atoms with Crippen LogP contribution in [0.4, 0.5) is 0 Å². The summed E-state index contributed by atoms with van der Waals surface area (Å²) >= 11 is 0. The van der Waals surface area contributed by atoms with Crippen molar-refractivity contribution in [1.82, 2.24) is 5.32 Å². The molecule has 0 aromatic heterocycles. The molecule has 1 N–H and O–H groups in total. The first-order valence-electron chi connectivity index (χ1n) is 3.85. The first-order chi connectivity index (χ1) is 5.20. The van der Waals surface area contributed by atoms with Crippen molar-refractivity contribution >= 4 is 12.2 Å². The second kappa shape index (κ2) is 5.89. The zero-order valence-electron chi connectivity index (χ0n) is 7.02. The van der Waals surface area contributed by atoms with Gasteiger partial charge in [0, 0.05) is 6.92 Å². The predicted molar refractivity (Wildman–Crippen MR) is 42.8 cm³/mol.